The van der Waals surface area contributed by atoms with Crippen molar-refractivity contribution in [1.29, 1.82) is 0 Å². The number of piperazine rings is 1. The molecule has 0 spiro atoms. The van der Waals surface area contributed by atoms with Crippen molar-refractivity contribution >= 4 is 29.0 Å². The van der Waals surface area contributed by atoms with Crippen LogP contribution in [0.2, 0.25) is 0 Å². The molecule has 2 N–H and O–H groups in total. The minimum absolute atomic E-state index is 0.0849. The molecule has 2 aromatic rings. The van der Waals surface area contributed by atoms with Gasteiger partial charge in [-0.15, -0.1) is 11.3 Å². The van der Waals surface area contributed by atoms with E-state index in [1.165, 1.54) is 6.20 Å². The highest BCUT2D eigenvalue weighted by Crippen LogP contribution is 2.24. The zero-order chi connectivity index (χ0) is 19.6. The number of nitrogens with zero attached hydrogens (tertiary/aromatic N) is 4. The molecule has 9 heteroatoms. The maximum Gasteiger partial charge on any atom is 0.275 e. The van der Waals surface area contributed by atoms with Gasteiger partial charge in [0, 0.05) is 24.7 Å². The minimum atomic E-state index is -0.920. The third-order valence-corrected chi connectivity index (χ3v) is 5.33. The molecule has 3 rings (SSSR count). The van der Waals surface area contributed by atoms with Gasteiger partial charge in [-0.1, -0.05) is 13.8 Å². The van der Waals surface area contributed by atoms with Crippen LogP contribution in [0.5, 0.6) is 0 Å². The maximum atomic E-state index is 13.0. The molecule has 3 heterocycles. The molecule has 144 valence electrons. The number of rotatable bonds is 5. The molecule has 1 fully saturated rings. The zero-order valence-corrected chi connectivity index (χ0v) is 16.8. The van der Waals surface area contributed by atoms with E-state index in [9.17, 15) is 9.59 Å². The second kappa shape index (κ2) is 7.59. The fourth-order valence-electron chi connectivity index (χ4n) is 2.94. The van der Waals surface area contributed by atoms with Gasteiger partial charge in [0.15, 0.2) is 0 Å². The summed E-state index contributed by atoms with van der Waals surface area (Å²) in [5.41, 5.74) is 0.0504. The van der Waals surface area contributed by atoms with Gasteiger partial charge in [-0.3, -0.25) is 9.59 Å². The number of hydrogen-bond donors (Lipinski definition) is 2. The highest BCUT2D eigenvalue weighted by molar-refractivity contribution is 7.09. The molecular weight excluding hydrogens is 364 g/mol. The third kappa shape index (κ3) is 3.92. The Morgan fingerprint density at radius 3 is 2.85 bits per heavy atom. The normalized spacial score (nSPS) is 16.3. The summed E-state index contributed by atoms with van der Waals surface area (Å²) in [6.45, 7) is 8.92. The van der Waals surface area contributed by atoms with Gasteiger partial charge < -0.3 is 15.5 Å². The summed E-state index contributed by atoms with van der Waals surface area (Å²) < 4.78 is 0. The highest BCUT2D eigenvalue weighted by Gasteiger charge is 2.41. The molecule has 1 aliphatic heterocycles. The smallest absolute Gasteiger partial charge is 0.275 e. The topological polar surface area (TPSA) is 100 Å². The fraction of sp³-hybridized carbons (Fsp3) is 0.500. The van der Waals surface area contributed by atoms with Crippen molar-refractivity contribution in [2.75, 3.05) is 18.4 Å². The number of aromatic nitrogens is 3. The van der Waals surface area contributed by atoms with Gasteiger partial charge in [-0.2, -0.15) is 0 Å². The maximum absolute atomic E-state index is 13.0. The largest absolute Gasteiger partial charge is 0.362 e. The summed E-state index contributed by atoms with van der Waals surface area (Å²) >= 11 is 1.56. The standard InChI is InChI=1S/C18H24N6O2S/c1-11(2)14-15(22-10-13-19-6-8-27-13)21-9-12(23-14)16(25)24-7-5-20-17(26)18(24,3)4/h6,8-9,11H,5,7,10H2,1-4H3,(H,20,26)(H,21,22). The summed E-state index contributed by atoms with van der Waals surface area (Å²) in [5, 5.41) is 8.92. The number of amides is 2. The first-order chi connectivity index (χ1) is 12.8. The van der Waals surface area contributed by atoms with Crippen LogP contribution in [0.3, 0.4) is 0 Å². The summed E-state index contributed by atoms with van der Waals surface area (Å²) in [4.78, 5) is 40.0. The Morgan fingerprint density at radius 2 is 2.19 bits per heavy atom. The van der Waals surface area contributed by atoms with Crippen LogP contribution in [0.1, 0.15) is 54.8 Å². The van der Waals surface area contributed by atoms with E-state index < -0.39 is 5.54 Å². The molecule has 27 heavy (non-hydrogen) atoms. The van der Waals surface area contributed by atoms with Crippen LogP contribution in [0.15, 0.2) is 17.8 Å². The van der Waals surface area contributed by atoms with Gasteiger partial charge in [0.1, 0.15) is 22.1 Å². The molecule has 2 aromatic heterocycles. The van der Waals surface area contributed by atoms with Crippen LogP contribution in [-0.4, -0.2) is 50.3 Å². The van der Waals surface area contributed by atoms with E-state index in [2.05, 4.69) is 25.6 Å². The quantitative estimate of drug-likeness (QED) is 0.813. The Hall–Kier alpha value is -2.55. The number of hydrogen-bond acceptors (Lipinski definition) is 7. The number of anilines is 1. The lowest BCUT2D eigenvalue weighted by Crippen LogP contribution is -2.63. The average molecular weight is 388 g/mol. The zero-order valence-electron chi connectivity index (χ0n) is 15.9. The molecule has 0 bridgehead atoms. The van der Waals surface area contributed by atoms with Crippen LogP contribution < -0.4 is 10.6 Å². The number of nitrogens with one attached hydrogen (secondary N) is 2. The Bertz CT molecular complexity index is 834. The second-order valence-corrected chi connectivity index (χ2v) is 8.17. The van der Waals surface area contributed by atoms with Gasteiger partial charge in [0.05, 0.1) is 18.4 Å². The highest BCUT2D eigenvalue weighted by atomic mass is 32.1. The molecule has 0 atom stereocenters. The second-order valence-electron chi connectivity index (χ2n) is 7.19. The molecule has 2 amide bonds. The monoisotopic (exact) mass is 388 g/mol. The van der Waals surface area contributed by atoms with Gasteiger partial charge in [-0.25, -0.2) is 15.0 Å². The lowest BCUT2D eigenvalue weighted by atomic mass is 9.98. The Balaban J connectivity index is 1.84. The minimum Gasteiger partial charge on any atom is -0.362 e. The molecule has 1 saturated heterocycles. The van der Waals surface area contributed by atoms with Crippen molar-refractivity contribution in [3.05, 3.63) is 34.2 Å². The Kier molecular flexibility index (Phi) is 5.41. The Labute approximate surface area is 162 Å². The van der Waals surface area contributed by atoms with Crippen LogP contribution >= 0.6 is 11.3 Å². The molecular formula is C18H24N6O2S. The van der Waals surface area contributed by atoms with Crippen molar-refractivity contribution in [3.8, 4) is 0 Å². The van der Waals surface area contributed by atoms with Gasteiger partial charge >= 0.3 is 0 Å². The van der Waals surface area contributed by atoms with Crippen LogP contribution in [0, 0.1) is 0 Å². The number of thiazole rings is 1. The van der Waals surface area contributed by atoms with E-state index in [1.54, 1.807) is 36.3 Å². The van der Waals surface area contributed by atoms with E-state index >= 15 is 0 Å². The summed E-state index contributed by atoms with van der Waals surface area (Å²) in [6, 6.07) is 0. The summed E-state index contributed by atoms with van der Waals surface area (Å²) in [5.74, 6) is 0.283. The molecule has 0 unspecified atom stereocenters. The molecule has 0 radical (unpaired) electrons. The van der Waals surface area contributed by atoms with E-state index in [4.69, 9.17) is 0 Å². The number of carbonyl (C=O) groups excluding carboxylic acids is 2. The predicted octanol–water partition coefficient (Wildman–Crippen LogP) is 2.02. The first-order valence-corrected chi connectivity index (χ1v) is 9.78. The first-order valence-electron chi connectivity index (χ1n) is 8.90. The van der Waals surface area contributed by atoms with E-state index in [0.717, 1.165) is 10.7 Å². The summed E-state index contributed by atoms with van der Waals surface area (Å²) in [6.07, 6.45) is 3.23. The lowest BCUT2D eigenvalue weighted by Gasteiger charge is -2.40. The predicted molar refractivity (Wildman–Crippen MR) is 104 cm³/mol. The van der Waals surface area contributed by atoms with Crippen molar-refractivity contribution in [2.24, 2.45) is 0 Å². The van der Waals surface area contributed by atoms with Crippen molar-refractivity contribution < 1.29 is 9.59 Å². The third-order valence-electron chi connectivity index (χ3n) is 4.55. The molecule has 1 aliphatic rings. The van der Waals surface area contributed by atoms with Gasteiger partial charge in [-0.05, 0) is 19.8 Å². The number of carbonyl (C=O) groups is 2. The van der Waals surface area contributed by atoms with Gasteiger partial charge in [0.25, 0.3) is 5.91 Å². The Morgan fingerprint density at radius 1 is 1.41 bits per heavy atom. The van der Waals surface area contributed by atoms with Crippen molar-refractivity contribution in [3.63, 3.8) is 0 Å². The first kappa shape index (κ1) is 19.2. The molecule has 0 aliphatic carbocycles. The van der Waals surface area contributed by atoms with E-state index in [-0.39, 0.29) is 23.4 Å². The lowest BCUT2D eigenvalue weighted by molar-refractivity contribution is -0.133. The van der Waals surface area contributed by atoms with Crippen LogP contribution in [-0.2, 0) is 11.3 Å². The van der Waals surface area contributed by atoms with E-state index in [0.29, 0.717) is 25.5 Å². The van der Waals surface area contributed by atoms with Gasteiger partial charge in [0.2, 0.25) is 5.91 Å². The van der Waals surface area contributed by atoms with Crippen molar-refractivity contribution in [2.45, 2.75) is 45.7 Å². The molecule has 0 aromatic carbocycles. The molecule has 8 nitrogen and oxygen atoms in total. The molecule has 0 saturated carbocycles. The van der Waals surface area contributed by atoms with Crippen LogP contribution in [0.25, 0.3) is 0 Å². The summed E-state index contributed by atoms with van der Waals surface area (Å²) in [7, 11) is 0. The van der Waals surface area contributed by atoms with E-state index in [1.807, 2.05) is 19.2 Å². The SMILES string of the molecule is CC(C)c1nc(C(=O)N2CCNC(=O)C2(C)C)cnc1NCc1nccs1. The fourth-order valence-corrected chi connectivity index (χ4v) is 3.49. The van der Waals surface area contributed by atoms with Crippen molar-refractivity contribution in [1.82, 2.24) is 25.2 Å². The average Bonchev–Trinajstić information content (AvgIpc) is 3.15. The van der Waals surface area contributed by atoms with Crippen LogP contribution in [0.4, 0.5) is 5.82 Å².